The molecular formula is C65H108O6. The monoisotopic (exact) mass is 985 g/mol. The molecule has 0 N–H and O–H groups in total. The van der Waals surface area contributed by atoms with Crippen LogP contribution < -0.4 is 0 Å². The van der Waals surface area contributed by atoms with Crippen molar-refractivity contribution in [2.75, 3.05) is 13.2 Å². The minimum absolute atomic E-state index is 0.0976. The highest BCUT2D eigenvalue weighted by Gasteiger charge is 2.19. The molecule has 404 valence electrons. The zero-order valence-corrected chi connectivity index (χ0v) is 46.2. The number of hydrogen-bond donors (Lipinski definition) is 0. The molecular weight excluding hydrogens is 877 g/mol. The Hall–Kier alpha value is -3.93. The fourth-order valence-electron chi connectivity index (χ4n) is 7.82. The van der Waals surface area contributed by atoms with Crippen LogP contribution in [0.2, 0.25) is 0 Å². The smallest absolute Gasteiger partial charge is 0.306 e. The van der Waals surface area contributed by atoms with Crippen molar-refractivity contribution in [1.29, 1.82) is 0 Å². The van der Waals surface area contributed by atoms with Crippen molar-refractivity contribution in [2.24, 2.45) is 0 Å². The normalized spacial score (nSPS) is 12.9. The van der Waals surface area contributed by atoms with Gasteiger partial charge in [-0.2, -0.15) is 0 Å². The summed E-state index contributed by atoms with van der Waals surface area (Å²) in [6.07, 6.45) is 79.3. The van der Waals surface area contributed by atoms with Crippen LogP contribution in [-0.2, 0) is 28.6 Å². The maximum Gasteiger partial charge on any atom is 0.306 e. The molecule has 71 heavy (non-hydrogen) atoms. The molecule has 0 spiro atoms. The van der Waals surface area contributed by atoms with Gasteiger partial charge in [-0.3, -0.25) is 14.4 Å². The van der Waals surface area contributed by atoms with Crippen LogP contribution in [0.5, 0.6) is 0 Å². The standard InChI is InChI=1S/C65H108O6/c1-4-7-10-13-16-19-22-25-28-30-32-34-37-40-43-46-49-52-55-58-64(67)70-61-62(60-69-63(66)57-54-51-48-45-42-39-36-27-24-21-18-15-12-9-6-3)71-65(68)59-56-53-50-47-44-41-38-35-33-31-29-26-23-20-17-14-11-8-5-2/h9,12,16-21,25-29,32-36,62H,4-8,10-11,13-15,22-24,30-31,37-61H2,1-3H3/b12-9-,19-16-,20-17-,21-18-,28-25-,29-26-,34-32-,35-33-,36-27-. The van der Waals surface area contributed by atoms with Crippen LogP contribution in [0.4, 0.5) is 0 Å². The van der Waals surface area contributed by atoms with Gasteiger partial charge in [-0.05, 0) is 128 Å². The van der Waals surface area contributed by atoms with Crippen molar-refractivity contribution in [3.05, 3.63) is 109 Å². The van der Waals surface area contributed by atoms with Gasteiger partial charge < -0.3 is 14.2 Å². The first kappa shape index (κ1) is 67.1. The quantitative estimate of drug-likeness (QED) is 0.0261. The topological polar surface area (TPSA) is 78.9 Å². The second-order valence-corrected chi connectivity index (χ2v) is 19.2. The number of esters is 3. The minimum Gasteiger partial charge on any atom is -0.462 e. The van der Waals surface area contributed by atoms with Gasteiger partial charge in [0.2, 0.25) is 0 Å². The zero-order chi connectivity index (χ0) is 51.4. The summed E-state index contributed by atoms with van der Waals surface area (Å²) >= 11 is 0. The highest BCUT2D eigenvalue weighted by molar-refractivity contribution is 5.71. The van der Waals surface area contributed by atoms with E-state index < -0.39 is 6.10 Å². The van der Waals surface area contributed by atoms with Crippen LogP contribution in [0.3, 0.4) is 0 Å². The van der Waals surface area contributed by atoms with E-state index in [1.807, 2.05) is 0 Å². The fraction of sp³-hybridized carbons (Fsp3) is 0.677. The first-order valence-electron chi connectivity index (χ1n) is 29.4. The molecule has 1 atom stereocenters. The number of carbonyl (C=O) groups is 3. The molecule has 0 aromatic rings. The Labute approximate surface area is 438 Å². The third-order valence-electron chi connectivity index (χ3n) is 12.2. The SMILES string of the molecule is CC/C=C\C/C=C\C/C=C\CCCCCCCC(=O)OCC(COC(=O)CCCCCCCC/C=C\C/C=C\C/C=C\CCCCC)OC(=O)CCCCCCCC/C=C\C/C=C\C/C=C\CCCCC. The molecule has 1 unspecified atom stereocenters. The maximum absolute atomic E-state index is 12.9. The van der Waals surface area contributed by atoms with Crippen LogP contribution >= 0.6 is 0 Å². The summed E-state index contributed by atoms with van der Waals surface area (Å²) in [5, 5.41) is 0. The van der Waals surface area contributed by atoms with E-state index in [1.165, 1.54) is 83.5 Å². The second-order valence-electron chi connectivity index (χ2n) is 19.2. The number of unbranched alkanes of at least 4 members (excludes halogenated alkanes) is 23. The van der Waals surface area contributed by atoms with Gasteiger partial charge in [0.1, 0.15) is 13.2 Å². The van der Waals surface area contributed by atoms with Crippen molar-refractivity contribution in [2.45, 2.75) is 271 Å². The maximum atomic E-state index is 12.9. The van der Waals surface area contributed by atoms with Gasteiger partial charge in [0, 0.05) is 19.3 Å². The molecule has 0 saturated heterocycles. The van der Waals surface area contributed by atoms with Crippen molar-refractivity contribution in [3.63, 3.8) is 0 Å². The van der Waals surface area contributed by atoms with Crippen LogP contribution in [-0.4, -0.2) is 37.2 Å². The predicted molar refractivity (Wildman–Crippen MR) is 307 cm³/mol. The molecule has 0 aromatic carbocycles. The summed E-state index contributed by atoms with van der Waals surface area (Å²) in [5.74, 6) is -0.937. The first-order valence-corrected chi connectivity index (χ1v) is 29.4. The molecule has 6 heteroatoms. The van der Waals surface area contributed by atoms with Gasteiger partial charge in [-0.1, -0.05) is 226 Å². The Kier molecular flexibility index (Phi) is 55.4. The first-order chi connectivity index (χ1) is 35.0. The van der Waals surface area contributed by atoms with Gasteiger partial charge in [-0.25, -0.2) is 0 Å². The lowest BCUT2D eigenvalue weighted by molar-refractivity contribution is -0.167. The molecule has 0 radical (unpaired) electrons. The molecule has 0 amide bonds. The Bertz CT molecular complexity index is 1460. The van der Waals surface area contributed by atoms with Gasteiger partial charge >= 0.3 is 17.9 Å². The molecule has 0 aromatic heterocycles. The lowest BCUT2D eigenvalue weighted by atomic mass is 10.1. The molecule has 6 nitrogen and oxygen atoms in total. The van der Waals surface area contributed by atoms with Crippen LogP contribution in [0.25, 0.3) is 0 Å². The Morgan fingerprint density at radius 1 is 0.296 bits per heavy atom. The van der Waals surface area contributed by atoms with E-state index in [2.05, 4.69) is 130 Å². The lowest BCUT2D eigenvalue weighted by Crippen LogP contribution is -2.30. The minimum atomic E-state index is -0.801. The summed E-state index contributed by atoms with van der Waals surface area (Å²) < 4.78 is 16.9. The number of rotatable bonds is 52. The molecule has 0 saturated carbocycles. The van der Waals surface area contributed by atoms with E-state index in [1.54, 1.807) is 0 Å². The number of ether oxygens (including phenoxy) is 3. The van der Waals surface area contributed by atoms with E-state index in [0.29, 0.717) is 19.3 Å². The molecule has 0 rings (SSSR count). The molecule has 0 fully saturated rings. The average Bonchev–Trinajstić information content (AvgIpc) is 3.37. The van der Waals surface area contributed by atoms with Crippen molar-refractivity contribution < 1.29 is 28.6 Å². The third kappa shape index (κ3) is 56.9. The van der Waals surface area contributed by atoms with Gasteiger partial charge in [0.05, 0.1) is 0 Å². The summed E-state index contributed by atoms with van der Waals surface area (Å²) in [6.45, 7) is 6.44. The van der Waals surface area contributed by atoms with Gasteiger partial charge in [0.25, 0.3) is 0 Å². The van der Waals surface area contributed by atoms with Gasteiger partial charge in [-0.15, -0.1) is 0 Å². The van der Waals surface area contributed by atoms with E-state index in [-0.39, 0.29) is 31.1 Å². The fourth-order valence-corrected chi connectivity index (χ4v) is 7.82. The highest BCUT2D eigenvalue weighted by Crippen LogP contribution is 2.14. The zero-order valence-electron chi connectivity index (χ0n) is 46.2. The summed E-state index contributed by atoms with van der Waals surface area (Å²) in [6, 6.07) is 0. The van der Waals surface area contributed by atoms with Crippen molar-refractivity contribution in [3.8, 4) is 0 Å². The summed E-state index contributed by atoms with van der Waals surface area (Å²) in [5.41, 5.74) is 0. The number of hydrogen-bond acceptors (Lipinski definition) is 6. The summed E-state index contributed by atoms with van der Waals surface area (Å²) in [4.78, 5) is 38.2. The largest absolute Gasteiger partial charge is 0.462 e. The third-order valence-corrected chi connectivity index (χ3v) is 12.2. The van der Waals surface area contributed by atoms with Crippen LogP contribution in [0, 0.1) is 0 Å². The number of carbonyl (C=O) groups excluding carboxylic acids is 3. The van der Waals surface area contributed by atoms with Crippen molar-refractivity contribution in [1.82, 2.24) is 0 Å². The second kappa shape index (κ2) is 58.6. The van der Waals surface area contributed by atoms with Crippen LogP contribution in [0.1, 0.15) is 265 Å². The van der Waals surface area contributed by atoms with E-state index in [9.17, 15) is 14.4 Å². The van der Waals surface area contributed by atoms with Gasteiger partial charge in [0.15, 0.2) is 6.10 Å². The van der Waals surface area contributed by atoms with Crippen LogP contribution in [0.15, 0.2) is 109 Å². The highest BCUT2D eigenvalue weighted by atomic mass is 16.6. The lowest BCUT2D eigenvalue weighted by Gasteiger charge is -2.18. The molecule has 0 aliphatic heterocycles. The predicted octanol–water partition coefficient (Wildman–Crippen LogP) is 19.9. The Morgan fingerprint density at radius 3 is 0.859 bits per heavy atom. The van der Waals surface area contributed by atoms with E-state index >= 15 is 0 Å². The molecule has 0 aliphatic carbocycles. The molecule has 0 bridgehead atoms. The molecule has 0 aliphatic rings. The average molecular weight is 986 g/mol. The molecule has 0 heterocycles. The number of allylic oxidation sites excluding steroid dienone is 18. The van der Waals surface area contributed by atoms with E-state index in [0.717, 1.165) is 141 Å². The van der Waals surface area contributed by atoms with Crippen molar-refractivity contribution >= 4 is 17.9 Å². The van der Waals surface area contributed by atoms with E-state index in [4.69, 9.17) is 14.2 Å². The Morgan fingerprint density at radius 2 is 0.549 bits per heavy atom. The summed E-state index contributed by atoms with van der Waals surface area (Å²) in [7, 11) is 0. The Balaban J connectivity index is 4.47.